The van der Waals surface area contributed by atoms with Crippen LogP contribution in [0.1, 0.15) is 205 Å². The molecule has 10 aliphatic carbocycles. The van der Waals surface area contributed by atoms with Gasteiger partial charge in [-0.2, -0.15) is 0 Å². The maximum absolute atomic E-state index is 2.01. The molecule has 0 N–H and O–H groups in total. The van der Waals surface area contributed by atoms with E-state index < -0.39 is 0 Å². The second-order valence-corrected chi connectivity index (χ2v) is 21.7. The van der Waals surface area contributed by atoms with Crippen LogP contribution in [0.3, 0.4) is 0 Å². The number of hydrogen-bond acceptors (Lipinski definition) is 0. The number of fused-ring (bicyclic) bond motifs is 4. The van der Waals surface area contributed by atoms with Gasteiger partial charge in [0.15, 0.2) is 0 Å². The van der Waals surface area contributed by atoms with E-state index in [1.807, 2.05) is 11.1 Å². The lowest BCUT2D eigenvalue weighted by Gasteiger charge is -2.66. The molecule has 10 aliphatic rings. The summed E-state index contributed by atoms with van der Waals surface area (Å²) in [5, 5.41) is 0. The van der Waals surface area contributed by atoms with Gasteiger partial charge in [-0.25, -0.2) is 0 Å². The highest BCUT2D eigenvalue weighted by molar-refractivity contribution is 5.22. The van der Waals surface area contributed by atoms with Crippen molar-refractivity contribution in [3.63, 3.8) is 0 Å². The number of rotatable bonds is 4. The summed E-state index contributed by atoms with van der Waals surface area (Å²) in [7, 11) is 0. The summed E-state index contributed by atoms with van der Waals surface area (Å²) >= 11 is 0. The highest BCUT2D eigenvalue weighted by Gasteiger charge is 2.62. The minimum Gasteiger partial charge on any atom is -0.0710 e. The van der Waals surface area contributed by atoms with Crippen LogP contribution in [0.2, 0.25) is 0 Å². The fraction of sp³-hybridized carbons (Fsp3) is 0.960. The Bertz CT molecular complexity index is 1120. The van der Waals surface area contributed by atoms with E-state index >= 15 is 0 Å². The molecular formula is C50H80. The first-order chi connectivity index (χ1) is 24.8. The number of allylic oxidation sites excluding steroid dienone is 2. The first-order valence-corrected chi connectivity index (χ1v) is 24.5. The molecule has 8 saturated carbocycles. The lowest BCUT2D eigenvalue weighted by atomic mass is 9.39. The zero-order chi connectivity index (χ0) is 33.0. The van der Waals surface area contributed by atoms with Gasteiger partial charge in [-0.05, 0) is 204 Å². The Labute approximate surface area is 310 Å². The van der Waals surface area contributed by atoms with E-state index in [9.17, 15) is 0 Å². The van der Waals surface area contributed by atoms with Crippen LogP contribution in [0.15, 0.2) is 11.1 Å². The summed E-state index contributed by atoms with van der Waals surface area (Å²) < 4.78 is 0. The Morgan fingerprint density at radius 1 is 0.220 bits per heavy atom. The average Bonchev–Trinajstić information content (AvgIpc) is 3.19. The normalized spacial score (nSPS) is 50.3. The molecule has 280 valence electrons. The molecule has 11 unspecified atom stereocenters. The van der Waals surface area contributed by atoms with E-state index in [1.165, 1.54) is 32.1 Å². The predicted molar refractivity (Wildman–Crippen MR) is 211 cm³/mol. The average molecular weight is 681 g/mol. The van der Waals surface area contributed by atoms with E-state index in [4.69, 9.17) is 0 Å². The van der Waals surface area contributed by atoms with Crippen molar-refractivity contribution < 1.29 is 0 Å². The lowest BCUT2D eigenvalue weighted by molar-refractivity contribution is -0.176. The summed E-state index contributed by atoms with van der Waals surface area (Å²) in [6, 6.07) is 0. The maximum Gasteiger partial charge on any atom is -0.0286 e. The smallest absolute Gasteiger partial charge is 0.0286 e. The van der Waals surface area contributed by atoms with Crippen molar-refractivity contribution in [2.45, 2.75) is 205 Å². The Morgan fingerprint density at radius 2 is 0.580 bits per heavy atom. The molecule has 50 heavy (non-hydrogen) atoms. The van der Waals surface area contributed by atoms with Gasteiger partial charge < -0.3 is 0 Å². The molecule has 0 aromatic rings. The van der Waals surface area contributed by atoms with Crippen LogP contribution in [-0.2, 0) is 0 Å². The topological polar surface area (TPSA) is 0 Å². The molecule has 0 heteroatoms. The second kappa shape index (κ2) is 15.1. The summed E-state index contributed by atoms with van der Waals surface area (Å²) in [4.78, 5) is 0. The van der Waals surface area contributed by atoms with Crippen LogP contribution in [-0.4, -0.2) is 0 Å². The fourth-order valence-corrected chi connectivity index (χ4v) is 18.8. The van der Waals surface area contributed by atoms with Gasteiger partial charge in [-0.3, -0.25) is 0 Å². The minimum atomic E-state index is 1.06. The van der Waals surface area contributed by atoms with Crippen LogP contribution in [0, 0.1) is 94.7 Å². The van der Waals surface area contributed by atoms with E-state index in [0.29, 0.717) is 0 Å². The standard InChI is InChI=1S/C50H80/c1-2-17-34(18-3-1)37-20-6-7-21-38(37)48-41-24-10-14-28-45(41)50(46-29-15-11-25-42(46)48)49-43-26-12-8-22-39(43)47(40-23-9-13-27-44(40)49)36-31-30-33-16-4-5-19-35(33)32-36/h34,36-50H,1-32H2. The summed E-state index contributed by atoms with van der Waals surface area (Å²) in [6.07, 6.45) is 50.8. The fourth-order valence-electron chi connectivity index (χ4n) is 18.8. The summed E-state index contributed by atoms with van der Waals surface area (Å²) in [6.45, 7) is 0. The summed E-state index contributed by atoms with van der Waals surface area (Å²) in [5.41, 5.74) is 3.98. The van der Waals surface area contributed by atoms with E-state index in [-0.39, 0.29) is 0 Å². The van der Waals surface area contributed by atoms with E-state index in [0.717, 1.165) is 94.7 Å². The Kier molecular flexibility index (Phi) is 10.3. The monoisotopic (exact) mass is 681 g/mol. The SMILES string of the molecule is C1CCC(C2CCCCC2C2C3CCCCC3C(C3C4CCCCC4C(C4CCC5=C(CCCC5)C4)C4CCCCC43)C3CCCCC32)CC1. The van der Waals surface area contributed by atoms with Crippen molar-refractivity contribution in [1.82, 2.24) is 0 Å². The third-order valence-electron chi connectivity index (χ3n) is 20.1. The van der Waals surface area contributed by atoms with Crippen molar-refractivity contribution in [2.24, 2.45) is 94.7 Å². The van der Waals surface area contributed by atoms with Gasteiger partial charge in [-0.1, -0.05) is 107 Å². The Morgan fingerprint density at radius 3 is 1.06 bits per heavy atom. The molecule has 0 aliphatic heterocycles. The van der Waals surface area contributed by atoms with E-state index in [1.54, 1.807) is 173 Å². The van der Waals surface area contributed by atoms with Gasteiger partial charge in [0.2, 0.25) is 0 Å². The first kappa shape index (κ1) is 34.2. The lowest BCUT2D eigenvalue weighted by Crippen LogP contribution is -2.60. The van der Waals surface area contributed by atoms with Crippen molar-refractivity contribution in [3.05, 3.63) is 11.1 Å². The van der Waals surface area contributed by atoms with Crippen molar-refractivity contribution >= 4 is 0 Å². The van der Waals surface area contributed by atoms with Crippen LogP contribution in [0.25, 0.3) is 0 Å². The van der Waals surface area contributed by atoms with Crippen LogP contribution >= 0.6 is 0 Å². The molecule has 11 atom stereocenters. The highest BCUT2D eigenvalue weighted by atomic mass is 14.7. The molecule has 0 nitrogen and oxygen atoms in total. The van der Waals surface area contributed by atoms with Gasteiger partial charge in [0, 0.05) is 0 Å². The van der Waals surface area contributed by atoms with Crippen molar-refractivity contribution in [1.29, 1.82) is 0 Å². The molecule has 0 spiro atoms. The quantitative estimate of drug-likeness (QED) is 0.259. The van der Waals surface area contributed by atoms with Gasteiger partial charge in [0.25, 0.3) is 0 Å². The molecule has 0 saturated heterocycles. The Balaban J connectivity index is 1.00. The van der Waals surface area contributed by atoms with Gasteiger partial charge in [0.1, 0.15) is 0 Å². The van der Waals surface area contributed by atoms with Crippen LogP contribution < -0.4 is 0 Å². The largest absolute Gasteiger partial charge is 0.0710 e. The zero-order valence-corrected chi connectivity index (χ0v) is 32.9. The molecule has 0 aromatic carbocycles. The third-order valence-corrected chi connectivity index (χ3v) is 20.1. The molecule has 0 aromatic heterocycles. The second-order valence-electron chi connectivity index (χ2n) is 21.7. The molecule has 0 radical (unpaired) electrons. The predicted octanol–water partition coefficient (Wildman–Crippen LogP) is 14.8. The van der Waals surface area contributed by atoms with Crippen molar-refractivity contribution in [2.75, 3.05) is 0 Å². The zero-order valence-electron chi connectivity index (χ0n) is 32.9. The van der Waals surface area contributed by atoms with Crippen LogP contribution in [0.5, 0.6) is 0 Å². The van der Waals surface area contributed by atoms with Crippen molar-refractivity contribution in [3.8, 4) is 0 Å². The van der Waals surface area contributed by atoms with E-state index in [2.05, 4.69) is 0 Å². The molecular weight excluding hydrogens is 601 g/mol. The first-order valence-electron chi connectivity index (χ1n) is 24.5. The molecule has 0 bridgehead atoms. The maximum atomic E-state index is 2.01. The third kappa shape index (κ3) is 6.10. The number of hydrogen-bond donors (Lipinski definition) is 0. The van der Waals surface area contributed by atoms with Crippen LogP contribution in [0.4, 0.5) is 0 Å². The van der Waals surface area contributed by atoms with Gasteiger partial charge >= 0.3 is 0 Å². The highest BCUT2D eigenvalue weighted by Crippen LogP contribution is 2.69. The Hall–Kier alpha value is -0.260. The summed E-state index contributed by atoms with van der Waals surface area (Å²) in [5.74, 6) is 17.9. The molecule has 10 rings (SSSR count). The van der Waals surface area contributed by atoms with Gasteiger partial charge in [-0.15, -0.1) is 0 Å². The van der Waals surface area contributed by atoms with Gasteiger partial charge in [0.05, 0.1) is 0 Å². The molecule has 0 heterocycles. The molecule has 8 fully saturated rings. The molecule has 0 amide bonds. The minimum absolute atomic E-state index is 1.06.